The molecule has 1 aliphatic rings. The summed E-state index contributed by atoms with van der Waals surface area (Å²) in [5, 5.41) is 0. The van der Waals surface area contributed by atoms with Gasteiger partial charge in [-0.25, -0.2) is 8.78 Å². The zero-order valence-electron chi connectivity index (χ0n) is 15.7. The average Bonchev–Trinajstić information content (AvgIpc) is 2.69. The number of hydrogen-bond donors (Lipinski definition) is 0. The Morgan fingerprint density at radius 2 is 1.78 bits per heavy atom. The maximum atomic E-state index is 14.7. The summed E-state index contributed by atoms with van der Waals surface area (Å²) in [4.78, 5) is 0. The van der Waals surface area contributed by atoms with E-state index in [1.165, 1.54) is 24.3 Å². The zero-order valence-corrected chi connectivity index (χ0v) is 15.7. The highest BCUT2D eigenvalue weighted by Gasteiger charge is 2.24. The second kappa shape index (κ2) is 8.79. The Kier molecular flexibility index (Phi) is 6.42. The highest BCUT2D eigenvalue weighted by Crippen LogP contribution is 2.35. The Morgan fingerprint density at radius 3 is 2.41 bits per heavy atom. The second-order valence-corrected chi connectivity index (χ2v) is 6.96. The maximum Gasteiger partial charge on any atom is 0.201 e. The lowest BCUT2D eigenvalue weighted by Gasteiger charge is -2.28. The van der Waals surface area contributed by atoms with Crippen LogP contribution in [0.15, 0.2) is 30.3 Å². The fourth-order valence-electron chi connectivity index (χ4n) is 3.46. The molecule has 0 radical (unpaired) electrons. The standard InChI is InChI=1S/C22H25F3O2/c1-3-11-26-20-10-9-18(21(24)22(20)25)17-8-6-14(12-19(17)23)15-5-7-16(4-2)27-13-15/h6,8-10,12,15-16H,3-5,7,11,13H2,1-2H3. The van der Waals surface area contributed by atoms with Crippen LogP contribution in [-0.2, 0) is 4.74 Å². The summed E-state index contributed by atoms with van der Waals surface area (Å²) >= 11 is 0. The van der Waals surface area contributed by atoms with Crippen molar-refractivity contribution in [3.63, 3.8) is 0 Å². The average molecular weight is 378 g/mol. The minimum atomic E-state index is -1.10. The number of hydrogen-bond acceptors (Lipinski definition) is 2. The molecule has 0 amide bonds. The normalized spacial score (nSPS) is 19.9. The molecule has 1 fully saturated rings. The van der Waals surface area contributed by atoms with Crippen LogP contribution in [0.2, 0.25) is 0 Å². The molecule has 0 aliphatic carbocycles. The summed E-state index contributed by atoms with van der Waals surface area (Å²) in [6, 6.07) is 7.40. The van der Waals surface area contributed by atoms with Gasteiger partial charge in [-0.2, -0.15) is 4.39 Å². The van der Waals surface area contributed by atoms with Crippen molar-refractivity contribution in [3.8, 4) is 16.9 Å². The van der Waals surface area contributed by atoms with Crippen LogP contribution >= 0.6 is 0 Å². The number of benzene rings is 2. The van der Waals surface area contributed by atoms with Crippen molar-refractivity contribution in [1.29, 1.82) is 0 Å². The van der Waals surface area contributed by atoms with Gasteiger partial charge in [0.1, 0.15) is 5.82 Å². The van der Waals surface area contributed by atoms with Crippen LogP contribution in [0.1, 0.15) is 51.0 Å². The third kappa shape index (κ3) is 4.29. The topological polar surface area (TPSA) is 18.5 Å². The van der Waals surface area contributed by atoms with Crippen molar-refractivity contribution in [2.75, 3.05) is 13.2 Å². The first-order valence-corrected chi connectivity index (χ1v) is 9.57. The molecule has 2 unspecified atom stereocenters. The van der Waals surface area contributed by atoms with Gasteiger partial charge in [0.25, 0.3) is 0 Å². The third-order valence-electron chi connectivity index (χ3n) is 5.09. The van der Waals surface area contributed by atoms with E-state index in [4.69, 9.17) is 9.47 Å². The Bertz CT molecular complexity index is 783. The summed E-state index contributed by atoms with van der Waals surface area (Å²) in [5.41, 5.74) is 0.765. The molecule has 0 spiro atoms. The molecule has 3 rings (SSSR count). The van der Waals surface area contributed by atoms with E-state index in [9.17, 15) is 13.2 Å². The Balaban J connectivity index is 1.83. The quantitative estimate of drug-likeness (QED) is 0.593. The summed E-state index contributed by atoms with van der Waals surface area (Å²) in [6.45, 7) is 4.82. The molecule has 0 saturated carbocycles. The fraction of sp³-hybridized carbons (Fsp3) is 0.455. The first-order chi connectivity index (χ1) is 13.0. The van der Waals surface area contributed by atoms with E-state index in [0.717, 1.165) is 24.8 Å². The highest BCUT2D eigenvalue weighted by molar-refractivity contribution is 5.66. The van der Waals surface area contributed by atoms with Gasteiger partial charge in [-0.3, -0.25) is 0 Å². The highest BCUT2D eigenvalue weighted by atomic mass is 19.2. The van der Waals surface area contributed by atoms with E-state index in [-0.39, 0.29) is 28.9 Å². The predicted octanol–water partition coefficient (Wildman–Crippen LogP) is 6.23. The second-order valence-electron chi connectivity index (χ2n) is 6.96. The molecule has 2 aromatic carbocycles. The van der Waals surface area contributed by atoms with Gasteiger partial charge in [-0.05, 0) is 49.4 Å². The molecule has 1 heterocycles. The summed E-state index contributed by atoms with van der Waals surface area (Å²) in [6.07, 6.45) is 3.81. The van der Waals surface area contributed by atoms with Gasteiger partial charge in [0.05, 0.1) is 19.3 Å². The van der Waals surface area contributed by atoms with Crippen molar-refractivity contribution in [2.24, 2.45) is 0 Å². The van der Waals surface area contributed by atoms with Gasteiger partial charge in [-0.15, -0.1) is 0 Å². The fourth-order valence-corrected chi connectivity index (χ4v) is 3.46. The molecule has 2 nitrogen and oxygen atoms in total. The predicted molar refractivity (Wildman–Crippen MR) is 99.5 cm³/mol. The van der Waals surface area contributed by atoms with Crippen molar-refractivity contribution in [2.45, 2.75) is 51.6 Å². The Morgan fingerprint density at radius 1 is 1.00 bits per heavy atom. The molecule has 1 saturated heterocycles. The van der Waals surface area contributed by atoms with Gasteiger partial charge < -0.3 is 9.47 Å². The van der Waals surface area contributed by atoms with E-state index >= 15 is 0 Å². The zero-order chi connectivity index (χ0) is 19.4. The maximum absolute atomic E-state index is 14.7. The molecule has 1 aliphatic heterocycles. The van der Waals surface area contributed by atoms with E-state index < -0.39 is 17.5 Å². The molecule has 0 bridgehead atoms. The van der Waals surface area contributed by atoms with Crippen LogP contribution in [0.4, 0.5) is 13.2 Å². The van der Waals surface area contributed by atoms with Gasteiger partial charge >= 0.3 is 0 Å². The molecule has 5 heteroatoms. The number of ether oxygens (including phenoxy) is 2. The molecule has 2 atom stereocenters. The molecule has 146 valence electrons. The van der Waals surface area contributed by atoms with E-state index in [1.807, 2.05) is 6.92 Å². The van der Waals surface area contributed by atoms with Crippen LogP contribution in [0.3, 0.4) is 0 Å². The third-order valence-corrected chi connectivity index (χ3v) is 5.09. The van der Waals surface area contributed by atoms with Crippen LogP contribution in [0, 0.1) is 17.5 Å². The number of rotatable bonds is 6. The van der Waals surface area contributed by atoms with Crippen molar-refractivity contribution in [3.05, 3.63) is 53.3 Å². The first kappa shape index (κ1) is 19.7. The summed E-state index contributed by atoms with van der Waals surface area (Å²) < 4.78 is 54.3. The van der Waals surface area contributed by atoms with Crippen LogP contribution < -0.4 is 4.74 Å². The lowest BCUT2D eigenvalue weighted by Crippen LogP contribution is -2.24. The van der Waals surface area contributed by atoms with E-state index in [1.54, 1.807) is 6.07 Å². The summed E-state index contributed by atoms with van der Waals surface area (Å²) in [7, 11) is 0. The minimum absolute atomic E-state index is 0.0420. The molecular formula is C22H25F3O2. The van der Waals surface area contributed by atoms with E-state index in [2.05, 4.69) is 6.92 Å². The minimum Gasteiger partial charge on any atom is -0.490 e. The van der Waals surface area contributed by atoms with Crippen molar-refractivity contribution >= 4 is 0 Å². The van der Waals surface area contributed by atoms with Gasteiger partial charge in [0.2, 0.25) is 5.82 Å². The van der Waals surface area contributed by atoms with Gasteiger partial charge in [0, 0.05) is 17.0 Å². The van der Waals surface area contributed by atoms with Crippen molar-refractivity contribution in [1.82, 2.24) is 0 Å². The Labute approximate surface area is 158 Å². The van der Waals surface area contributed by atoms with Crippen LogP contribution in [0.5, 0.6) is 5.75 Å². The first-order valence-electron chi connectivity index (χ1n) is 9.57. The molecule has 0 N–H and O–H groups in total. The molecule has 27 heavy (non-hydrogen) atoms. The monoisotopic (exact) mass is 378 g/mol. The summed E-state index contributed by atoms with van der Waals surface area (Å²) in [5.74, 6) is -2.77. The van der Waals surface area contributed by atoms with Crippen LogP contribution in [0.25, 0.3) is 11.1 Å². The number of halogens is 3. The molecule has 2 aromatic rings. The smallest absolute Gasteiger partial charge is 0.201 e. The largest absolute Gasteiger partial charge is 0.490 e. The lowest BCUT2D eigenvalue weighted by atomic mass is 9.89. The van der Waals surface area contributed by atoms with E-state index in [0.29, 0.717) is 19.6 Å². The lowest BCUT2D eigenvalue weighted by molar-refractivity contribution is 0.00199. The molecular weight excluding hydrogens is 353 g/mol. The SMILES string of the molecule is CCCOc1ccc(-c2ccc(C3CCC(CC)OC3)cc2F)c(F)c1F. The Hall–Kier alpha value is -2.01. The van der Waals surface area contributed by atoms with Crippen LogP contribution in [-0.4, -0.2) is 19.3 Å². The van der Waals surface area contributed by atoms with Gasteiger partial charge in [0.15, 0.2) is 11.6 Å². The van der Waals surface area contributed by atoms with Gasteiger partial charge in [-0.1, -0.05) is 26.0 Å². The molecule has 0 aromatic heterocycles. The van der Waals surface area contributed by atoms with Crippen molar-refractivity contribution < 1.29 is 22.6 Å².